The molecule has 5 heteroatoms. The summed E-state index contributed by atoms with van der Waals surface area (Å²) < 4.78 is 10.8. The van der Waals surface area contributed by atoms with Crippen molar-refractivity contribution in [2.45, 2.75) is 32.4 Å². The first-order valence-corrected chi connectivity index (χ1v) is 7.37. The number of hydrogen-bond acceptors (Lipinski definition) is 4. The van der Waals surface area contributed by atoms with Crippen molar-refractivity contribution in [3.63, 3.8) is 0 Å². The van der Waals surface area contributed by atoms with E-state index in [2.05, 4.69) is 19.2 Å². The van der Waals surface area contributed by atoms with Gasteiger partial charge in [-0.15, -0.1) is 0 Å². The zero-order valence-corrected chi connectivity index (χ0v) is 12.9. The zero-order chi connectivity index (χ0) is 14.8. The second-order valence-corrected chi connectivity index (χ2v) is 5.19. The van der Waals surface area contributed by atoms with Crippen LogP contribution < -0.4 is 10.1 Å². The highest BCUT2D eigenvalue weighted by molar-refractivity contribution is 6.30. The van der Waals surface area contributed by atoms with Crippen LogP contribution in [0.25, 0.3) is 0 Å². The summed E-state index contributed by atoms with van der Waals surface area (Å²) in [5.74, 6) is 0.761. The van der Waals surface area contributed by atoms with E-state index in [1.165, 1.54) is 0 Å². The van der Waals surface area contributed by atoms with Gasteiger partial charge in [0.1, 0.15) is 12.4 Å². The summed E-state index contributed by atoms with van der Waals surface area (Å²) in [6.45, 7) is 5.96. The smallest absolute Gasteiger partial charge is 0.119 e. The van der Waals surface area contributed by atoms with E-state index in [9.17, 15) is 5.11 Å². The Labute approximate surface area is 126 Å². The van der Waals surface area contributed by atoms with Crippen molar-refractivity contribution in [1.29, 1.82) is 0 Å². The third-order valence-electron chi connectivity index (χ3n) is 2.93. The zero-order valence-electron chi connectivity index (χ0n) is 12.1. The molecule has 0 aliphatic rings. The first kappa shape index (κ1) is 17.2. The predicted octanol–water partition coefficient (Wildman–Crippen LogP) is 2.48. The molecule has 0 saturated carbocycles. The molecule has 1 aromatic carbocycles. The van der Waals surface area contributed by atoms with Crippen LogP contribution in [0.5, 0.6) is 5.75 Å². The number of nitrogens with one attached hydrogen (secondary N) is 1. The molecule has 4 nitrogen and oxygen atoms in total. The van der Waals surface area contributed by atoms with Crippen LogP contribution in [-0.4, -0.2) is 43.6 Å². The lowest BCUT2D eigenvalue weighted by Gasteiger charge is -2.16. The highest BCUT2D eigenvalue weighted by Gasteiger charge is 2.06. The lowest BCUT2D eigenvalue weighted by Crippen LogP contribution is -2.35. The lowest BCUT2D eigenvalue weighted by atomic mass is 10.2. The van der Waals surface area contributed by atoms with Gasteiger partial charge >= 0.3 is 0 Å². The van der Waals surface area contributed by atoms with E-state index in [4.69, 9.17) is 21.1 Å². The molecule has 0 heterocycles. The number of hydrogen-bond donors (Lipinski definition) is 2. The molecule has 0 unspecified atom stereocenters. The van der Waals surface area contributed by atoms with Gasteiger partial charge in [0.05, 0.1) is 19.3 Å². The molecule has 0 aliphatic heterocycles. The molecule has 1 aromatic rings. The Morgan fingerprint density at radius 3 is 2.60 bits per heavy atom. The van der Waals surface area contributed by atoms with Crippen molar-refractivity contribution in [3.05, 3.63) is 29.3 Å². The molecule has 0 saturated heterocycles. The molecular formula is C15H24ClNO3. The topological polar surface area (TPSA) is 50.7 Å². The SMILES string of the molecule is CC[C@H](C)NC[C@H](O)COCCOc1ccc(Cl)cc1. The van der Waals surface area contributed by atoms with Gasteiger partial charge in [-0.05, 0) is 37.6 Å². The third kappa shape index (κ3) is 7.70. The van der Waals surface area contributed by atoms with E-state index in [1.807, 2.05) is 12.1 Å². The molecule has 0 aromatic heterocycles. The van der Waals surface area contributed by atoms with Gasteiger partial charge in [-0.2, -0.15) is 0 Å². The fraction of sp³-hybridized carbons (Fsp3) is 0.600. The Kier molecular flexibility index (Phi) is 8.62. The van der Waals surface area contributed by atoms with Crippen molar-refractivity contribution in [2.24, 2.45) is 0 Å². The standard InChI is InChI=1S/C15H24ClNO3/c1-3-12(2)17-10-14(18)11-19-8-9-20-15-6-4-13(16)5-7-15/h4-7,12,14,17-18H,3,8-11H2,1-2H3/t12-,14-/m0/s1. The quantitative estimate of drug-likeness (QED) is 0.652. The highest BCUT2D eigenvalue weighted by Crippen LogP contribution is 2.15. The van der Waals surface area contributed by atoms with E-state index < -0.39 is 6.10 Å². The monoisotopic (exact) mass is 301 g/mol. The van der Waals surface area contributed by atoms with Gasteiger partial charge in [-0.1, -0.05) is 18.5 Å². The third-order valence-corrected chi connectivity index (χ3v) is 3.19. The fourth-order valence-electron chi connectivity index (χ4n) is 1.51. The van der Waals surface area contributed by atoms with Crippen LogP contribution in [0.15, 0.2) is 24.3 Å². The molecule has 0 amide bonds. The number of halogens is 1. The van der Waals surface area contributed by atoms with Crippen LogP contribution >= 0.6 is 11.6 Å². The minimum Gasteiger partial charge on any atom is -0.491 e. The normalized spacial score (nSPS) is 14.0. The molecule has 2 N–H and O–H groups in total. The molecule has 0 spiro atoms. The fourth-order valence-corrected chi connectivity index (χ4v) is 1.64. The Morgan fingerprint density at radius 2 is 1.95 bits per heavy atom. The van der Waals surface area contributed by atoms with Crippen LogP contribution in [0.3, 0.4) is 0 Å². The Hall–Kier alpha value is -0.810. The predicted molar refractivity (Wildman–Crippen MR) is 81.5 cm³/mol. The van der Waals surface area contributed by atoms with Gasteiger partial charge in [-0.3, -0.25) is 0 Å². The van der Waals surface area contributed by atoms with E-state index in [1.54, 1.807) is 12.1 Å². The second-order valence-electron chi connectivity index (χ2n) is 4.75. The number of aliphatic hydroxyl groups excluding tert-OH is 1. The summed E-state index contributed by atoms with van der Waals surface area (Å²) in [5, 5.41) is 13.6. The van der Waals surface area contributed by atoms with Crippen molar-refractivity contribution >= 4 is 11.6 Å². The first-order valence-electron chi connectivity index (χ1n) is 6.99. The Balaban J connectivity index is 2.02. The molecule has 0 radical (unpaired) electrons. The van der Waals surface area contributed by atoms with Crippen molar-refractivity contribution < 1.29 is 14.6 Å². The van der Waals surface area contributed by atoms with Crippen LogP contribution in [-0.2, 0) is 4.74 Å². The molecule has 1 rings (SSSR count). The number of benzene rings is 1. The van der Waals surface area contributed by atoms with Crippen molar-refractivity contribution in [1.82, 2.24) is 5.32 Å². The number of ether oxygens (including phenoxy) is 2. The van der Waals surface area contributed by atoms with Gasteiger partial charge < -0.3 is 19.9 Å². The average molecular weight is 302 g/mol. The van der Waals surface area contributed by atoms with Crippen LogP contribution in [0.2, 0.25) is 5.02 Å². The first-order chi connectivity index (χ1) is 9.61. The van der Waals surface area contributed by atoms with Gasteiger partial charge in [0.25, 0.3) is 0 Å². The second kappa shape index (κ2) is 10.00. The summed E-state index contributed by atoms with van der Waals surface area (Å²) >= 11 is 5.78. The lowest BCUT2D eigenvalue weighted by molar-refractivity contribution is 0.0241. The summed E-state index contributed by atoms with van der Waals surface area (Å²) in [5.41, 5.74) is 0. The van der Waals surface area contributed by atoms with Gasteiger partial charge in [0.15, 0.2) is 0 Å². The molecule has 0 bridgehead atoms. The highest BCUT2D eigenvalue weighted by atomic mass is 35.5. The van der Waals surface area contributed by atoms with Gasteiger partial charge in [0.2, 0.25) is 0 Å². The summed E-state index contributed by atoms with van der Waals surface area (Å²) in [7, 11) is 0. The van der Waals surface area contributed by atoms with Crippen LogP contribution in [0, 0.1) is 0 Å². The van der Waals surface area contributed by atoms with Gasteiger partial charge in [0, 0.05) is 17.6 Å². The number of rotatable bonds is 10. The maximum Gasteiger partial charge on any atom is 0.119 e. The van der Waals surface area contributed by atoms with E-state index in [0.29, 0.717) is 37.4 Å². The van der Waals surface area contributed by atoms with E-state index in [-0.39, 0.29) is 0 Å². The molecule has 20 heavy (non-hydrogen) atoms. The Morgan fingerprint density at radius 1 is 1.25 bits per heavy atom. The molecular weight excluding hydrogens is 278 g/mol. The van der Waals surface area contributed by atoms with Crippen LogP contribution in [0.4, 0.5) is 0 Å². The van der Waals surface area contributed by atoms with Crippen LogP contribution in [0.1, 0.15) is 20.3 Å². The minimum absolute atomic E-state index is 0.313. The number of aliphatic hydroxyl groups is 1. The van der Waals surface area contributed by atoms with Crippen molar-refractivity contribution in [3.8, 4) is 5.75 Å². The minimum atomic E-state index is -0.487. The maximum atomic E-state index is 9.70. The van der Waals surface area contributed by atoms with E-state index in [0.717, 1.165) is 12.2 Å². The Bertz CT molecular complexity index is 359. The molecule has 2 atom stereocenters. The summed E-state index contributed by atoms with van der Waals surface area (Å²) in [4.78, 5) is 0. The maximum absolute atomic E-state index is 9.70. The van der Waals surface area contributed by atoms with E-state index >= 15 is 0 Å². The van der Waals surface area contributed by atoms with Gasteiger partial charge in [-0.25, -0.2) is 0 Å². The summed E-state index contributed by atoms with van der Waals surface area (Å²) in [6.07, 6.45) is 0.558. The molecule has 0 aliphatic carbocycles. The van der Waals surface area contributed by atoms with Crippen molar-refractivity contribution in [2.75, 3.05) is 26.4 Å². The average Bonchev–Trinajstić information content (AvgIpc) is 2.46. The molecule has 0 fully saturated rings. The largest absolute Gasteiger partial charge is 0.491 e. The molecule has 114 valence electrons. The summed E-state index contributed by atoms with van der Waals surface area (Å²) in [6, 6.07) is 7.60.